The molecule has 0 radical (unpaired) electrons. The molecule has 0 unspecified atom stereocenters. The van der Waals surface area contributed by atoms with Gasteiger partial charge in [0, 0.05) is 22.6 Å². The second-order valence-electron chi connectivity index (χ2n) is 4.29. The lowest BCUT2D eigenvalue weighted by atomic mass is 10.3. The standard InChI is InChI=1S/C15H13BrN2O3/c1-10(21-15(20)11-3-2-8-17-9-11)14(19)18-13-6-4-12(16)5-7-13/h2-10H,1H3,(H,18,19)/t10-/m1/s1. The number of nitrogens with zero attached hydrogens (tertiary/aromatic N) is 1. The number of hydrogen-bond acceptors (Lipinski definition) is 4. The smallest absolute Gasteiger partial charge is 0.340 e. The fourth-order valence-corrected chi connectivity index (χ4v) is 1.81. The van der Waals surface area contributed by atoms with Gasteiger partial charge in [-0.3, -0.25) is 9.78 Å². The topological polar surface area (TPSA) is 68.3 Å². The van der Waals surface area contributed by atoms with Gasteiger partial charge >= 0.3 is 5.97 Å². The minimum atomic E-state index is -0.902. The Kier molecular flexibility index (Phi) is 5.05. The average Bonchev–Trinajstić information content (AvgIpc) is 2.50. The number of anilines is 1. The Morgan fingerprint density at radius 2 is 1.95 bits per heavy atom. The molecule has 0 aliphatic heterocycles. The summed E-state index contributed by atoms with van der Waals surface area (Å²) < 4.78 is 6.01. The van der Waals surface area contributed by atoms with E-state index in [9.17, 15) is 9.59 Å². The molecular formula is C15H13BrN2O3. The predicted octanol–water partition coefficient (Wildman–Crippen LogP) is 3.03. The van der Waals surface area contributed by atoms with Crippen molar-refractivity contribution in [1.29, 1.82) is 0 Å². The maximum absolute atomic E-state index is 11.9. The number of esters is 1. The number of nitrogens with one attached hydrogen (secondary N) is 1. The SMILES string of the molecule is C[C@@H](OC(=O)c1cccnc1)C(=O)Nc1ccc(Br)cc1. The van der Waals surface area contributed by atoms with Gasteiger partial charge in [-0.1, -0.05) is 15.9 Å². The summed E-state index contributed by atoms with van der Waals surface area (Å²) in [6.07, 6.45) is 2.05. The number of rotatable bonds is 4. The van der Waals surface area contributed by atoms with Crippen LogP contribution < -0.4 is 5.32 Å². The highest BCUT2D eigenvalue weighted by Crippen LogP contribution is 2.14. The molecule has 1 aromatic heterocycles. The van der Waals surface area contributed by atoms with Gasteiger partial charge in [-0.2, -0.15) is 0 Å². The van der Waals surface area contributed by atoms with Crippen LogP contribution in [0.25, 0.3) is 0 Å². The van der Waals surface area contributed by atoms with Gasteiger partial charge in [0.15, 0.2) is 6.10 Å². The summed E-state index contributed by atoms with van der Waals surface area (Å²) in [5, 5.41) is 2.67. The lowest BCUT2D eigenvalue weighted by Gasteiger charge is -2.13. The second-order valence-corrected chi connectivity index (χ2v) is 5.20. The van der Waals surface area contributed by atoms with E-state index < -0.39 is 18.0 Å². The Morgan fingerprint density at radius 1 is 1.24 bits per heavy atom. The van der Waals surface area contributed by atoms with Gasteiger partial charge in [-0.05, 0) is 43.3 Å². The summed E-state index contributed by atoms with van der Waals surface area (Å²) in [6.45, 7) is 1.52. The molecule has 108 valence electrons. The molecule has 0 saturated carbocycles. The van der Waals surface area contributed by atoms with Crippen molar-refractivity contribution < 1.29 is 14.3 Å². The van der Waals surface area contributed by atoms with Gasteiger partial charge in [-0.15, -0.1) is 0 Å². The quantitative estimate of drug-likeness (QED) is 0.862. The second kappa shape index (κ2) is 6.99. The third-order valence-electron chi connectivity index (χ3n) is 2.66. The molecule has 1 atom stereocenters. The van der Waals surface area contributed by atoms with E-state index in [0.717, 1.165) is 4.47 Å². The summed E-state index contributed by atoms with van der Waals surface area (Å²) >= 11 is 3.31. The normalized spacial score (nSPS) is 11.5. The Morgan fingerprint density at radius 3 is 2.57 bits per heavy atom. The number of pyridine rings is 1. The number of hydrogen-bond donors (Lipinski definition) is 1. The molecular weight excluding hydrogens is 336 g/mol. The number of ether oxygens (including phenoxy) is 1. The summed E-state index contributed by atoms with van der Waals surface area (Å²) in [5.74, 6) is -0.976. The maximum Gasteiger partial charge on any atom is 0.340 e. The number of amides is 1. The van der Waals surface area contributed by atoms with Gasteiger partial charge in [0.05, 0.1) is 5.56 Å². The van der Waals surface area contributed by atoms with E-state index in [1.165, 1.54) is 13.1 Å². The van der Waals surface area contributed by atoms with E-state index in [4.69, 9.17) is 4.74 Å². The molecule has 6 heteroatoms. The Labute approximate surface area is 130 Å². The summed E-state index contributed by atoms with van der Waals surface area (Å²) in [4.78, 5) is 27.6. The zero-order valence-corrected chi connectivity index (χ0v) is 12.8. The summed E-state index contributed by atoms with van der Waals surface area (Å²) in [5.41, 5.74) is 0.938. The van der Waals surface area contributed by atoms with Crippen LogP contribution in [0.1, 0.15) is 17.3 Å². The van der Waals surface area contributed by atoms with E-state index in [2.05, 4.69) is 26.2 Å². The van der Waals surface area contributed by atoms with Gasteiger partial charge < -0.3 is 10.1 Å². The van der Waals surface area contributed by atoms with Crippen LogP contribution in [0.2, 0.25) is 0 Å². The van der Waals surface area contributed by atoms with Crippen molar-refractivity contribution in [2.24, 2.45) is 0 Å². The maximum atomic E-state index is 11.9. The van der Waals surface area contributed by atoms with Crippen LogP contribution in [-0.4, -0.2) is 23.0 Å². The largest absolute Gasteiger partial charge is 0.449 e. The van der Waals surface area contributed by atoms with Gasteiger partial charge in [0.25, 0.3) is 5.91 Å². The van der Waals surface area contributed by atoms with Crippen LogP contribution in [-0.2, 0) is 9.53 Å². The molecule has 0 aliphatic rings. The molecule has 2 rings (SSSR count). The molecule has 0 fully saturated rings. The van der Waals surface area contributed by atoms with Gasteiger partial charge in [0.1, 0.15) is 0 Å². The lowest BCUT2D eigenvalue weighted by molar-refractivity contribution is -0.123. The monoisotopic (exact) mass is 348 g/mol. The zero-order valence-electron chi connectivity index (χ0n) is 11.2. The first-order valence-electron chi connectivity index (χ1n) is 6.23. The van der Waals surface area contributed by atoms with Crippen molar-refractivity contribution >= 4 is 33.5 Å². The molecule has 0 spiro atoms. The number of carbonyl (C=O) groups is 2. The van der Waals surface area contributed by atoms with Crippen LogP contribution in [0.5, 0.6) is 0 Å². The Hall–Kier alpha value is -2.21. The first-order chi connectivity index (χ1) is 10.1. The van der Waals surface area contributed by atoms with Crippen molar-refractivity contribution in [2.75, 3.05) is 5.32 Å². The van der Waals surface area contributed by atoms with Crippen LogP contribution in [0.15, 0.2) is 53.3 Å². The van der Waals surface area contributed by atoms with E-state index in [0.29, 0.717) is 11.3 Å². The molecule has 21 heavy (non-hydrogen) atoms. The van der Waals surface area contributed by atoms with Crippen molar-refractivity contribution in [3.05, 3.63) is 58.8 Å². The first-order valence-corrected chi connectivity index (χ1v) is 7.03. The summed E-state index contributed by atoms with van der Waals surface area (Å²) in [6, 6.07) is 10.3. The molecule has 0 aliphatic carbocycles. The number of benzene rings is 1. The predicted molar refractivity (Wildman–Crippen MR) is 81.9 cm³/mol. The van der Waals surface area contributed by atoms with Crippen LogP contribution >= 0.6 is 15.9 Å². The van der Waals surface area contributed by atoms with Gasteiger partial charge in [0.2, 0.25) is 0 Å². The molecule has 1 heterocycles. The fraction of sp³-hybridized carbons (Fsp3) is 0.133. The fourth-order valence-electron chi connectivity index (χ4n) is 1.54. The third-order valence-corrected chi connectivity index (χ3v) is 3.19. The highest BCUT2D eigenvalue weighted by atomic mass is 79.9. The van der Waals surface area contributed by atoms with E-state index in [1.54, 1.807) is 30.5 Å². The molecule has 2 aromatic rings. The Bertz CT molecular complexity index is 629. The summed E-state index contributed by atoms with van der Waals surface area (Å²) in [7, 11) is 0. The zero-order chi connectivity index (χ0) is 15.2. The Balaban J connectivity index is 1.93. The minimum absolute atomic E-state index is 0.306. The molecule has 1 N–H and O–H groups in total. The highest BCUT2D eigenvalue weighted by Gasteiger charge is 2.19. The average molecular weight is 349 g/mol. The molecule has 0 bridgehead atoms. The number of halogens is 1. The van der Waals surface area contributed by atoms with E-state index >= 15 is 0 Å². The van der Waals surface area contributed by atoms with Crippen LogP contribution in [0, 0.1) is 0 Å². The van der Waals surface area contributed by atoms with Gasteiger partial charge in [-0.25, -0.2) is 4.79 Å². The molecule has 5 nitrogen and oxygen atoms in total. The van der Waals surface area contributed by atoms with Crippen molar-refractivity contribution in [3.8, 4) is 0 Å². The number of carbonyl (C=O) groups excluding carboxylic acids is 2. The van der Waals surface area contributed by atoms with Crippen molar-refractivity contribution in [1.82, 2.24) is 4.98 Å². The van der Waals surface area contributed by atoms with Crippen LogP contribution in [0.3, 0.4) is 0 Å². The first kappa shape index (κ1) is 15.2. The molecule has 1 amide bonds. The van der Waals surface area contributed by atoms with E-state index in [1.807, 2.05) is 12.1 Å². The molecule has 1 aromatic carbocycles. The van der Waals surface area contributed by atoms with Crippen LogP contribution in [0.4, 0.5) is 5.69 Å². The lowest BCUT2D eigenvalue weighted by Crippen LogP contribution is -2.30. The highest BCUT2D eigenvalue weighted by molar-refractivity contribution is 9.10. The molecule has 0 saturated heterocycles. The van der Waals surface area contributed by atoms with Crippen molar-refractivity contribution in [3.63, 3.8) is 0 Å². The van der Waals surface area contributed by atoms with E-state index in [-0.39, 0.29) is 0 Å². The number of aromatic nitrogens is 1. The minimum Gasteiger partial charge on any atom is -0.449 e. The van der Waals surface area contributed by atoms with Crippen molar-refractivity contribution in [2.45, 2.75) is 13.0 Å². The third kappa shape index (κ3) is 4.39.